The van der Waals surface area contributed by atoms with Gasteiger partial charge in [0.05, 0.1) is 6.54 Å². The topological polar surface area (TPSA) is 32.3 Å². The molecule has 3 nitrogen and oxygen atoms in total. The number of carbonyl (C=O) groups excluding carboxylic acids is 1. The maximum atomic E-state index is 12.3. The zero-order valence-electron chi connectivity index (χ0n) is 13.1. The first kappa shape index (κ1) is 16.3. The van der Waals surface area contributed by atoms with Crippen molar-refractivity contribution in [3.63, 3.8) is 0 Å². The van der Waals surface area contributed by atoms with Crippen LogP contribution in [0.25, 0.3) is 0 Å². The van der Waals surface area contributed by atoms with Gasteiger partial charge < -0.3 is 10.2 Å². The van der Waals surface area contributed by atoms with Gasteiger partial charge >= 0.3 is 0 Å². The zero-order chi connectivity index (χ0) is 15.4. The summed E-state index contributed by atoms with van der Waals surface area (Å²) >= 11 is 5.89. The monoisotopic (exact) mass is 308 g/mol. The molecule has 1 amide bonds. The number of likely N-dealkylation sites (tertiary alicyclic amines) is 1. The van der Waals surface area contributed by atoms with Gasteiger partial charge in [-0.2, -0.15) is 0 Å². The minimum atomic E-state index is 0.144. The second-order valence-electron chi connectivity index (χ2n) is 6.40. The number of rotatable bonds is 4. The summed E-state index contributed by atoms with van der Waals surface area (Å²) in [6, 6.07) is 7.90. The first-order chi connectivity index (χ1) is 9.95. The van der Waals surface area contributed by atoms with Crippen molar-refractivity contribution in [2.45, 2.75) is 33.2 Å². The van der Waals surface area contributed by atoms with E-state index in [9.17, 15) is 4.79 Å². The third kappa shape index (κ3) is 4.72. The van der Waals surface area contributed by atoms with E-state index in [1.807, 2.05) is 29.2 Å². The standard InChI is InChI=1S/C17H25ClN2O/c1-12-8-13(2)11-20(10-12)17(21)9-19-14(3)15-4-6-16(18)7-5-15/h4-7,12-14,19H,8-11H2,1-3H3. The van der Waals surface area contributed by atoms with Crippen molar-refractivity contribution >= 4 is 17.5 Å². The minimum absolute atomic E-state index is 0.144. The lowest BCUT2D eigenvalue weighted by atomic mass is 9.92. The number of benzene rings is 1. The average Bonchev–Trinajstić information content (AvgIpc) is 2.44. The highest BCUT2D eigenvalue weighted by atomic mass is 35.5. The molecule has 3 unspecified atom stereocenters. The van der Waals surface area contributed by atoms with E-state index in [-0.39, 0.29) is 11.9 Å². The third-order valence-corrected chi connectivity index (χ3v) is 4.40. The van der Waals surface area contributed by atoms with E-state index in [1.54, 1.807) is 0 Å². The molecule has 1 heterocycles. The van der Waals surface area contributed by atoms with Crippen LogP contribution < -0.4 is 5.32 Å². The highest BCUT2D eigenvalue weighted by Gasteiger charge is 2.25. The Morgan fingerprint density at radius 2 is 1.86 bits per heavy atom. The number of halogens is 1. The van der Waals surface area contributed by atoms with Crippen LogP contribution in [0.3, 0.4) is 0 Å². The summed E-state index contributed by atoms with van der Waals surface area (Å²) in [7, 11) is 0. The smallest absolute Gasteiger partial charge is 0.236 e. The number of carbonyl (C=O) groups is 1. The second kappa shape index (κ2) is 7.28. The molecule has 1 N–H and O–H groups in total. The Bertz CT molecular complexity index is 464. The van der Waals surface area contributed by atoms with Crippen molar-refractivity contribution in [1.29, 1.82) is 0 Å². The Kier molecular flexibility index (Phi) is 5.65. The Hall–Kier alpha value is -1.06. The van der Waals surface area contributed by atoms with Crippen LogP contribution in [0.2, 0.25) is 5.02 Å². The summed E-state index contributed by atoms with van der Waals surface area (Å²) in [4.78, 5) is 14.3. The van der Waals surface area contributed by atoms with E-state index < -0.39 is 0 Å². The zero-order valence-corrected chi connectivity index (χ0v) is 13.9. The summed E-state index contributed by atoms with van der Waals surface area (Å²) in [5.41, 5.74) is 1.15. The molecular formula is C17H25ClN2O. The van der Waals surface area contributed by atoms with E-state index in [4.69, 9.17) is 11.6 Å². The SMILES string of the molecule is CC1CC(C)CN(C(=O)CNC(C)c2ccc(Cl)cc2)C1. The largest absolute Gasteiger partial charge is 0.341 e. The molecule has 0 radical (unpaired) electrons. The average molecular weight is 309 g/mol. The van der Waals surface area contributed by atoms with Crippen LogP contribution >= 0.6 is 11.6 Å². The van der Waals surface area contributed by atoms with Gasteiger partial charge in [0.1, 0.15) is 0 Å². The molecule has 116 valence electrons. The Morgan fingerprint density at radius 3 is 2.43 bits per heavy atom. The number of piperidine rings is 1. The van der Waals surface area contributed by atoms with Gasteiger partial charge in [0, 0.05) is 24.2 Å². The van der Waals surface area contributed by atoms with Crippen LogP contribution in [0, 0.1) is 11.8 Å². The molecule has 0 bridgehead atoms. The number of nitrogens with one attached hydrogen (secondary N) is 1. The molecule has 21 heavy (non-hydrogen) atoms. The van der Waals surface area contributed by atoms with Crippen molar-refractivity contribution < 1.29 is 4.79 Å². The normalized spacial score (nSPS) is 23.9. The van der Waals surface area contributed by atoms with Crippen molar-refractivity contribution in [3.05, 3.63) is 34.9 Å². The Labute approximate surface area is 132 Å². The molecule has 1 aromatic carbocycles. The van der Waals surface area contributed by atoms with Crippen molar-refractivity contribution in [3.8, 4) is 0 Å². The number of nitrogens with zero attached hydrogens (tertiary/aromatic N) is 1. The molecule has 0 spiro atoms. The van der Waals surface area contributed by atoms with E-state index >= 15 is 0 Å². The van der Waals surface area contributed by atoms with E-state index in [0.717, 1.165) is 23.7 Å². The lowest BCUT2D eigenvalue weighted by Crippen LogP contribution is -2.46. The van der Waals surface area contributed by atoms with Gasteiger partial charge in [-0.3, -0.25) is 4.79 Å². The maximum absolute atomic E-state index is 12.3. The van der Waals surface area contributed by atoms with Crippen LogP contribution in [0.4, 0.5) is 0 Å². The van der Waals surface area contributed by atoms with Gasteiger partial charge in [-0.25, -0.2) is 0 Å². The van der Waals surface area contributed by atoms with Gasteiger partial charge in [0.25, 0.3) is 0 Å². The summed E-state index contributed by atoms with van der Waals surface area (Å²) in [5, 5.41) is 4.05. The van der Waals surface area contributed by atoms with Crippen molar-refractivity contribution in [2.24, 2.45) is 11.8 Å². The van der Waals surface area contributed by atoms with Gasteiger partial charge in [0.2, 0.25) is 5.91 Å². The van der Waals surface area contributed by atoms with Crippen molar-refractivity contribution in [1.82, 2.24) is 10.2 Å². The fourth-order valence-electron chi connectivity index (χ4n) is 3.09. The lowest BCUT2D eigenvalue weighted by Gasteiger charge is -2.35. The maximum Gasteiger partial charge on any atom is 0.236 e. The summed E-state index contributed by atoms with van der Waals surface area (Å²) < 4.78 is 0. The van der Waals surface area contributed by atoms with Gasteiger partial charge in [-0.05, 0) is 42.9 Å². The highest BCUT2D eigenvalue weighted by Crippen LogP contribution is 2.21. The molecule has 1 aromatic rings. The highest BCUT2D eigenvalue weighted by molar-refractivity contribution is 6.30. The molecule has 2 rings (SSSR count). The molecule has 0 aliphatic carbocycles. The fraction of sp³-hybridized carbons (Fsp3) is 0.588. The van der Waals surface area contributed by atoms with Crippen molar-refractivity contribution in [2.75, 3.05) is 19.6 Å². The number of hydrogen-bond acceptors (Lipinski definition) is 2. The predicted molar refractivity (Wildman–Crippen MR) is 87.4 cm³/mol. The molecule has 0 aromatic heterocycles. The number of amides is 1. The molecule has 3 atom stereocenters. The molecular weight excluding hydrogens is 284 g/mol. The Balaban J connectivity index is 1.84. The second-order valence-corrected chi connectivity index (χ2v) is 6.84. The summed E-state index contributed by atoms with van der Waals surface area (Å²) in [6.45, 7) is 8.68. The molecule has 1 fully saturated rings. The van der Waals surface area contributed by atoms with Crippen LogP contribution in [0.15, 0.2) is 24.3 Å². The van der Waals surface area contributed by atoms with E-state index in [2.05, 4.69) is 26.1 Å². The first-order valence-electron chi connectivity index (χ1n) is 7.72. The number of hydrogen-bond donors (Lipinski definition) is 1. The lowest BCUT2D eigenvalue weighted by molar-refractivity contribution is -0.133. The van der Waals surface area contributed by atoms with Gasteiger partial charge in [-0.1, -0.05) is 37.6 Å². The summed E-state index contributed by atoms with van der Waals surface area (Å²) in [6.07, 6.45) is 1.22. The quantitative estimate of drug-likeness (QED) is 0.923. The van der Waals surface area contributed by atoms with Crippen LogP contribution in [0.5, 0.6) is 0 Å². The predicted octanol–water partition coefficient (Wildman–Crippen LogP) is 3.50. The molecule has 1 aliphatic rings. The minimum Gasteiger partial charge on any atom is -0.341 e. The molecule has 4 heteroatoms. The molecule has 1 aliphatic heterocycles. The van der Waals surface area contributed by atoms with Crippen LogP contribution in [-0.4, -0.2) is 30.4 Å². The van der Waals surface area contributed by atoms with Crippen LogP contribution in [0.1, 0.15) is 38.8 Å². The van der Waals surface area contributed by atoms with E-state index in [0.29, 0.717) is 18.4 Å². The Morgan fingerprint density at radius 1 is 1.29 bits per heavy atom. The first-order valence-corrected chi connectivity index (χ1v) is 8.10. The fourth-order valence-corrected chi connectivity index (χ4v) is 3.21. The van der Waals surface area contributed by atoms with Gasteiger partial charge in [0.15, 0.2) is 0 Å². The summed E-state index contributed by atoms with van der Waals surface area (Å²) in [5.74, 6) is 1.41. The molecule has 0 saturated carbocycles. The third-order valence-electron chi connectivity index (χ3n) is 4.15. The van der Waals surface area contributed by atoms with E-state index in [1.165, 1.54) is 6.42 Å². The van der Waals surface area contributed by atoms with Gasteiger partial charge in [-0.15, -0.1) is 0 Å². The molecule has 1 saturated heterocycles. The van der Waals surface area contributed by atoms with Crippen LogP contribution in [-0.2, 0) is 4.79 Å².